The number of aliphatic imine (C=N–C) groups is 1. The zero-order valence-corrected chi connectivity index (χ0v) is 10.9. The number of hydrogen-bond donors (Lipinski definition) is 1. The van der Waals surface area contributed by atoms with Crippen molar-refractivity contribution in [3.8, 4) is 0 Å². The molecule has 0 aliphatic heterocycles. The lowest BCUT2D eigenvalue weighted by molar-refractivity contribution is -0.139. The minimum atomic E-state index is -0.455. The fraction of sp³-hybridized carbons (Fsp3) is 0.692. The van der Waals surface area contributed by atoms with Crippen molar-refractivity contribution in [2.45, 2.75) is 45.1 Å². The van der Waals surface area contributed by atoms with Gasteiger partial charge in [-0.2, -0.15) is 0 Å². The summed E-state index contributed by atoms with van der Waals surface area (Å²) >= 11 is 0. The Labute approximate surface area is 108 Å². The lowest BCUT2D eigenvalue weighted by Crippen LogP contribution is -2.08. The summed E-state index contributed by atoms with van der Waals surface area (Å²) in [5.41, 5.74) is 0.350. The number of nitrogens with zero attached hydrogens (tertiary/aromatic N) is 1. The SMILES string of the molecule is C=C(C)C(=O)OCCO.O=C=NC1CCCCC1. The van der Waals surface area contributed by atoms with Gasteiger partial charge in [-0.15, -0.1) is 0 Å². The number of esters is 1. The number of carbonyl (C=O) groups excluding carboxylic acids is 2. The maximum Gasteiger partial charge on any atom is 0.333 e. The van der Waals surface area contributed by atoms with E-state index >= 15 is 0 Å². The van der Waals surface area contributed by atoms with Crippen molar-refractivity contribution in [3.63, 3.8) is 0 Å². The molecule has 0 aromatic carbocycles. The molecule has 0 radical (unpaired) electrons. The molecule has 0 aromatic rings. The van der Waals surface area contributed by atoms with Gasteiger partial charge < -0.3 is 9.84 Å². The molecule has 0 aromatic heterocycles. The first-order valence-corrected chi connectivity index (χ1v) is 6.12. The summed E-state index contributed by atoms with van der Waals surface area (Å²) in [6.45, 7) is 4.81. The molecule has 0 spiro atoms. The highest BCUT2D eigenvalue weighted by Crippen LogP contribution is 2.19. The second-order valence-electron chi connectivity index (χ2n) is 4.15. The van der Waals surface area contributed by atoms with E-state index < -0.39 is 5.97 Å². The van der Waals surface area contributed by atoms with E-state index in [1.807, 2.05) is 0 Å². The maximum atomic E-state index is 10.5. The van der Waals surface area contributed by atoms with Gasteiger partial charge in [-0.1, -0.05) is 25.8 Å². The predicted molar refractivity (Wildman–Crippen MR) is 67.9 cm³/mol. The van der Waals surface area contributed by atoms with Crippen LogP contribution in [0.2, 0.25) is 0 Å². The Bertz CT molecular complexity index is 302. The summed E-state index contributed by atoms with van der Waals surface area (Å²) in [4.78, 5) is 23.9. The summed E-state index contributed by atoms with van der Waals surface area (Å²) in [6.07, 6.45) is 7.57. The summed E-state index contributed by atoms with van der Waals surface area (Å²) in [5.74, 6) is -0.455. The standard InChI is InChI=1S/C7H11NO.C6H10O3/c9-6-8-7-4-2-1-3-5-7;1-5(2)6(8)9-4-3-7/h7H,1-5H2;7H,1,3-4H2,2H3. The quantitative estimate of drug-likeness (QED) is 0.359. The van der Waals surface area contributed by atoms with Gasteiger partial charge in [0.05, 0.1) is 12.6 Å². The van der Waals surface area contributed by atoms with Crippen molar-refractivity contribution < 1.29 is 19.4 Å². The van der Waals surface area contributed by atoms with Gasteiger partial charge in [0.2, 0.25) is 6.08 Å². The zero-order chi connectivity index (χ0) is 13.8. The Morgan fingerprint density at radius 3 is 2.50 bits per heavy atom. The highest BCUT2D eigenvalue weighted by atomic mass is 16.5. The predicted octanol–water partition coefficient (Wildman–Crippen LogP) is 1.75. The highest BCUT2D eigenvalue weighted by molar-refractivity contribution is 5.86. The van der Waals surface area contributed by atoms with Crippen LogP contribution in [0, 0.1) is 0 Å². The molecule has 1 fully saturated rings. The van der Waals surface area contributed by atoms with Gasteiger partial charge in [-0.05, 0) is 19.8 Å². The number of hydrogen-bond acceptors (Lipinski definition) is 5. The van der Waals surface area contributed by atoms with E-state index in [0.717, 1.165) is 12.8 Å². The lowest BCUT2D eigenvalue weighted by Gasteiger charge is -2.14. The molecule has 5 nitrogen and oxygen atoms in total. The fourth-order valence-corrected chi connectivity index (χ4v) is 1.55. The van der Waals surface area contributed by atoms with Crippen molar-refractivity contribution >= 4 is 12.0 Å². The van der Waals surface area contributed by atoms with Crippen LogP contribution in [-0.4, -0.2) is 36.4 Å². The largest absolute Gasteiger partial charge is 0.460 e. The molecule has 5 heteroatoms. The van der Waals surface area contributed by atoms with Crippen LogP contribution in [0.1, 0.15) is 39.0 Å². The fourth-order valence-electron chi connectivity index (χ4n) is 1.55. The number of carbonyl (C=O) groups is 1. The molecule has 0 unspecified atom stereocenters. The van der Waals surface area contributed by atoms with Gasteiger partial charge in [0.25, 0.3) is 0 Å². The second kappa shape index (κ2) is 10.7. The van der Waals surface area contributed by atoms with E-state index in [-0.39, 0.29) is 13.2 Å². The molecule has 0 atom stereocenters. The van der Waals surface area contributed by atoms with Crippen LogP contribution in [0.15, 0.2) is 17.1 Å². The van der Waals surface area contributed by atoms with E-state index in [0.29, 0.717) is 11.6 Å². The van der Waals surface area contributed by atoms with Crippen LogP contribution in [0.5, 0.6) is 0 Å². The lowest BCUT2D eigenvalue weighted by atomic mass is 9.96. The molecule has 1 rings (SSSR count). The first-order valence-electron chi connectivity index (χ1n) is 6.12. The molecule has 0 amide bonds. The first kappa shape index (κ1) is 16.6. The Kier molecular flexibility index (Phi) is 9.83. The highest BCUT2D eigenvalue weighted by Gasteiger charge is 2.10. The van der Waals surface area contributed by atoms with Crippen molar-refractivity contribution in [2.24, 2.45) is 4.99 Å². The number of ether oxygens (including phenoxy) is 1. The minimum absolute atomic E-state index is 0.0473. The third kappa shape index (κ3) is 8.67. The molecular weight excluding hydrogens is 234 g/mol. The molecule has 18 heavy (non-hydrogen) atoms. The molecule has 1 N–H and O–H groups in total. The van der Waals surface area contributed by atoms with Crippen LogP contribution < -0.4 is 0 Å². The summed E-state index contributed by atoms with van der Waals surface area (Å²) in [5, 5.41) is 8.19. The average molecular weight is 255 g/mol. The third-order valence-electron chi connectivity index (χ3n) is 2.48. The number of aliphatic hydroxyl groups excluding tert-OH is 1. The topological polar surface area (TPSA) is 76.0 Å². The summed E-state index contributed by atoms with van der Waals surface area (Å²) < 4.78 is 4.46. The van der Waals surface area contributed by atoms with E-state index in [4.69, 9.17) is 5.11 Å². The molecule has 1 aliphatic rings. The number of aliphatic hydroxyl groups is 1. The van der Waals surface area contributed by atoms with Crippen LogP contribution in [0.4, 0.5) is 0 Å². The number of rotatable bonds is 4. The van der Waals surface area contributed by atoms with Gasteiger partial charge in [-0.25, -0.2) is 14.6 Å². The molecule has 102 valence electrons. The molecular formula is C13H21NO4. The van der Waals surface area contributed by atoms with Crippen molar-refractivity contribution in [2.75, 3.05) is 13.2 Å². The minimum Gasteiger partial charge on any atom is -0.460 e. The van der Waals surface area contributed by atoms with Gasteiger partial charge >= 0.3 is 5.97 Å². The van der Waals surface area contributed by atoms with E-state index in [9.17, 15) is 9.59 Å². The van der Waals surface area contributed by atoms with Gasteiger partial charge in [0, 0.05) is 5.57 Å². The van der Waals surface area contributed by atoms with Crippen molar-refractivity contribution in [3.05, 3.63) is 12.2 Å². The van der Waals surface area contributed by atoms with Gasteiger partial charge in [0.1, 0.15) is 6.61 Å². The molecule has 0 bridgehead atoms. The summed E-state index contributed by atoms with van der Waals surface area (Å²) in [6, 6.07) is 0.302. The Morgan fingerprint density at radius 1 is 1.44 bits per heavy atom. The molecule has 0 saturated heterocycles. The van der Waals surface area contributed by atoms with Gasteiger partial charge in [0.15, 0.2) is 0 Å². The Hall–Kier alpha value is -1.45. The van der Waals surface area contributed by atoms with Crippen LogP contribution in [-0.2, 0) is 14.3 Å². The molecule has 0 heterocycles. The van der Waals surface area contributed by atoms with Crippen molar-refractivity contribution in [1.82, 2.24) is 0 Å². The van der Waals surface area contributed by atoms with E-state index in [1.165, 1.54) is 19.3 Å². The van der Waals surface area contributed by atoms with Crippen LogP contribution in [0.3, 0.4) is 0 Å². The average Bonchev–Trinajstić information content (AvgIpc) is 2.38. The van der Waals surface area contributed by atoms with E-state index in [1.54, 1.807) is 13.0 Å². The van der Waals surface area contributed by atoms with E-state index in [2.05, 4.69) is 16.3 Å². The smallest absolute Gasteiger partial charge is 0.333 e. The zero-order valence-electron chi connectivity index (χ0n) is 10.9. The second-order valence-corrected chi connectivity index (χ2v) is 4.15. The molecule has 1 saturated carbocycles. The number of isocyanates is 1. The van der Waals surface area contributed by atoms with Crippen LogP contribution in [0.25, 0.3) is 0 Å². The monoisotopic (exact) mass is 255 g/mol. The maximum absolute atomic E-state index is 10.5. The van der Waals surface area contributed by atoms with Crippen LogP contribution >= 0.6 is 0 Å². The van der Waals surface area contributed by atoms with Gasteiger partial charge in [-0.3, -0.25) is 0 Å². The Morgan fingerprint density at radius 2 is 2.06 bits per heavy atom. The molecule has 1 aliphatic carbocycles. The third-order valence-corrected chi connectivity index (χ3v) is 2.48. The Balaban J connectivity index is 0.000000321. The first-order chi connectivity index (χ1) is 8.61. The summed E-state index contributed by atoms with van der Waals surface area (Å²) in [7, 11) is 0. The normalized spacial score (nSPS) is 14.8. The van der Waals surface area contributed by atoms with Crippen molar-refractivity contribution in [1.29, 1.82) is 0 Å².